The summed E-state index contributed by atoms with van der Waals surface area (Å²) in [5.74, 6) is 0.219. The van der Waals surface area contributed by atoms with Crippen molar-refractivity contribution in [3.05, 3.63) is 11.3 Å². The minimum absolute atomic E-state index is 0.00792. The van der Waals surface area contributed by atoms with E-state index in [-0.39, 0.29) is 29.1 Å². The zero-order valence-corrected chi connectivity index (χ0v) is 15.2. The molecule has 2 atom stereocenters. The zero-order chi connectivity index (χ0) is 17.4. The summed E-state index contributed by atoms with van der Waals surface area (Å²) in [4.78, 5) is 25.5. The number of nitrogens with zero attached hydrogens (tertiary/aromatic N) is 1. The molecular formula is C19H33NO3. The SMILES string of the molecule is CCC(C)CCCCCCCCC(=O)C1=C(O)C(C)N(C)C1=O. The highest BCUT2D eigenvalue weighted by Crippen LogP contribution is 2.24. The van der Waals surface area contributed by atoms with Crippen molar-refractivity contribution in [1.82, 2.24) is 4.90 Å². The number of unbranched alkanes of at least 4 members (excludes halogenated alkanes) is 5. The molecule has 0 spiro atoms. The van der Waals surface area contributed by atoms with Crippen LogP contribution in [-0.2, 0) is 9.59 Å². The molecule has 1 amide bonds. The van der Waals surface area contributed by atoms with Gasteiger partial charge in [0.2, 0.25) is 0 Å². The molecule has 4 nitrogen and oxygen atoms in total. The fraction of sp³-hybridized carbons (Fsp3) is 0.789. The number of carbonyl (C=O) groups is 2. The Kier molecular flexibility index (Phi) is 8.35. The van der Waals surface area contributed by atoms with Crippen molar-refractivity contribution in [3.8, 4) is 0 Å². The Hall–Kier alpha value is -1.32. The summed E-state index contributed by atoms with van der Waals surface area (Å²) in [7, 11) is 1.61. The molecule has 2 unspecified atom stereocenters. The quantitative estimate of drug-likeness (QED) is 0.453. The van der Waals surface area contributed by atoms with Crippen molar-refractivity contribution in [2.75, 3.05) is 7.05 Å². The van der Waals surface area contributed by atoms with Gasteiger partial charge in [0.1, 0.15) is 11.3 Å². The molecule has 0 aromatic carbocycles. The Morgan fingerprint density at radius 2 is 1.74 bits per heavy atom. The monoisotopic (exact) mass is 323 g/mol. The number of hydrogen-bond donors (Lipinski definition) is 1. The molecule has 1 aliphatic rings. The first-order valence-corrected chi connectivity index (χ1v) is 9.13. The van der Waals surface area contributed by atoms with E-state index in [4.69, 9.17) is 0 Å². The van der Waals surface area contributed by atoms with Crippen LogP contribution in [0.2, 0.25) is 0 Å². The summed E-state index contributed by atoms with van der Waals surface area (Å²) in [6.45, 7) is 6.27. The summed E-state index contributed by atoms with van der Waals surface area (Å²) >= 11 is 0. The Balaban J connectivity index is 2.17. The lowest BCUT2D eigenvalue weighted by atomic mass is 9.99. The lowest BCUT2D eigenvalue weighted by molar-refractivity contribution is -0.128. The highest BCUT2D eigenvalue weighted by Gasteiger charge is 2.37. The first-order chi connectivity index (χ1) is 10.9. The van der Waals surface area contributed by atoms with Crippen LogP contribution in [-0.4, -0.2) is 34.8 Å². The average Bonchev–Trinajstić information content (AvgIpc) is 2.73. The Bertz CT molecular complexity index is 442. The van der Waals surface area contributed by atoms with Crippen molar-refractivity contribution in [1.29, 1.82) is 0 Å². The van der Waals surface area contributed by atoms with Gasteiger partial charge in [0, 0.05) is 13.5 Å². The number of amides is 1. The number of ketones is 1. The van der Waals surface area contributed by atoms with Crippen LogP contribution in [0.25, 0.3) is 0 Å². The van der Waals surface area contributed by atoms with Crippen LogP contribution < -0.4 is 0 Å². The molecule has 1 N–H and O–H groups in total. The van der Waals surface area contributed by atoms with Gasteiger partial charge in [-0.2, -0.15) is 0 Å². The van der Waals surface area contributed by atoms with E-state index in [1.54, 1.807) is 14.0 Å². The van der Waals surface area contributed by atoms with Crippen molar-refractivity contribution < 1.29 is 14.7 Å². The molecule has 0 fully saturated rings. The van der Waals surface area contributed by atoms with Gasteiger partial charge in [0.15, 0.2) is 5.78 Å². The molecule has 1 rings (SSSR count). The zero-order valence-electron chi connectivity index (χ0n) is 15.2. The van der Waals surface area contributed by atoms with Crippen LogP contribution in [0.3, 0.4) is 0 Å². The summed E-state index contributed by atoms with van der Waals surface area (Å²) in [6, 6.07) is -0.382. The molecule has 1 heterocycles. The fourth-order valence-corrected chi connectivity index (χ4v) is 2.93. The third-order valence-electron chi connectivity index (χ3n) is 5.09. The highest BCUT2D eigenvalue weighted by atomic mass is 16.3. The van der Waals surface area contributed by atoms with E-state index >= 15 is 0 Å². The molecular weight excluding hydrogens is 290 g/mol. The molecule has 23 heavy (non-hydrogen) atoms. The Morgan fingerprint density at radius 3 is 2.26 bits per heavy atom. The molecule has 0 aromatic rings. The topological polar surface area (TPSA) is 57.6 Å². The van der Waals surface area contributed by atoms with Crippen LogP contribution in [0, 0.1) is 5.92 Å². The first kappa shape index (κ1) is 19.7. The second kappa shape index (κ2) is 9.74. The predicted molar refractivity (Wildman–Crippen MR) is 93.3 cm³/mol. The van der Waals surface area contributed by atoms with E-state index in [1.807, 2.05) is 0 Å². The van der Waals surface area contributed by atoms with Crippen molar-refractivity contribution in [2.24, 2.45) is 5.92 Å². The van der Waals surface area contributed by atoms with Gasteiger partial charge >= 0.3 is 0 Å². The van der Waals surface area contributed by atoms with E-state index in [0.29, 0.717) is 6.42 Å². The summed E-state index contributed by atoms with van der Waals surface area (Å²) in [5, 5.41) is 9.93. The molecule has 0 aromatic heterocycles. The van der Waals surface area contributed by atoms with Crippen LogP contribution in [0.5, 0.6) is 0 Å². The third-order valence-corrected chi connectivity index (χ3v) is 5.09. The van der Waals surface area contributed by atoms with Gasteiger partial charge in [-0.25, -0.2) is 0 Å². The Labute approximate surface area is 140 Å². The second-order valence-corrected chi connectivity index (χ2v) is 6.95. The highest BCUT2D eigenvalue weighted by molar-refractivity contribution is 6.21. The van der Waals surface area contributed by atoms with E-state index < -0.39 is 0 Å². The number of hydrogen-bond acceptors (Lipinski definition) is 3. The predicted octanol–water partition coefficient (Wildman–Crippen LogP) is 4.40. The summed E-state index contributed by atoms with van der Waals surface area (Å²) < 4.78 is 0. The van der Waals surface area contributed by atoms with Gasteiger partial charge in [0.05, 0.1) is 6.04 Å². The summed E-state index contributed by atoms with van der Waals surface area (Å²) in [6.07, 6.45) is 9.68. The number of rotatable bonds is 11. The number of aliphatic hydroxyl groups excluding tert-OH is 1. The summed E-state index contributed by atoms with van der Waals surface area (Å²) in [5.41, 5.74) is 0.00792. The standard InChI is InChI=1S/C19H33NO3/c1-5-14(2)12-10-8-6-7-9-11-13-16(21)17-18(22)15(3)20(4)19(17)23/h14-15,22H,5-13H2,1-4H3. The lowest BCUT2D eigenvalue weighted by Gasteiger charge is -2.14. The maximum Gasteiger partial charge on any atom is 0.261 e. The molecule has 0 bridgehead atoms. The van der Waals surface area contributed by atoms with E-state index in [1.165, 1.54) is 37.0 Å². The number of likely N-dealkylation sites (N-methyl/N-ethyl adjacent to an activating group) is 1. The Morgan fingerprint density at radius 1 is 1.17 bits per heavy atom. The number of Topliss-reactive ketones (excluding diaryl/α,β-unsaturated/α-hetero) is 1. The largest absolute Gasteiger partial charge is 0.509 e. The molecule has 0 saturated heterocycles. The molecule has 0 radical (unpaired) electrons. The van der Waals surface area contributed by atoms with E-state index in [2.05, 4.69) is 13.8 Å². The van der Waals surface area contributed by atoms with Crippen molar-refractivity contribution in [2.45, 2.75) is 84.6 Å². The van der Waals surface area contributed by atoms with Crippen molar-refractivity contribution in [3.63, 3.8) is 0 Å². The number of carbonyl (C=O) groups excluding carboxylic acids is 2. The lowest BCUT2D eigenvalue weighted by Crippen LogP contribution is -2.30. The fourth-order valence-electron chi connectivity index (χ4n) is 2.93. The van der Waals surface area contributed by atoms with Crippen LogP contribution in [0.1, 0.15) is 78.6 Å². The third kappa shape index (κ3) is 5.67. The number of aliphatic hydroxyl groups is 1. The van der Waals surface area contributed by atoms with Gasteiger partial charge in [-0.3, -0.25) is 9.59 Å². The molecule has 0 aliphatic carbocycles. The van der Waals surface area contributed by atoms with Gasteiger partial charge in [-0.15, -0.1) is 0 Å². The van der Waals surface area contributed by atoms with E-state index in [9.17, 15) is 14.7 Å². The van der Waals surface area contributed by atoms with Crippen molar-refractivity contribution >= 4 is 11.7 Å². The molecule has 0 saturated carbocycles. The first-order valence-electron chi connectivity index (χ1n) is 9.13. The van der Waals surface area contributed by atoms with Gasteiger partial charge in [-0.05, 0) is 19.3 Å². The molecule has 132 valence electrons. The minimum Gasteiger partial charge on any atom is -0.509 e. The maximum absolute atomic E-state index is 12.1. The van der Waals surface area contributed by atoms with Crippen LogP contribution in [0.15, 0.2) is 11.3 Å². The smallest absolute Gasteiger partial charge is 0.261 e. The molecule has 1 aliphatic heterocycles. The normalized spacial score (nSPS) is 19.6. The second-order valence-electron chi connectivity index (χ2n) is 6.95. The minimum atomic E-state index is -0.382. The van der Waals surface area contributed by atoms with Gasteiger partial charge < -0.3 is 10.0 Å². The van der Waals surface area contributed by atoms with Crippen LogP contribution >= 0.6 is 0 Å². The van der Waals surface area contributed by atoms with Gasteiger partial charge in [-0.1, -0.05) is 58.8 Å². The average molecular weight is 323 g/mol. The molecule has 4 heteroatoms. The van der Waals surface area contributed by atoms with Gasteiger partial charge in [0.25, 0.3) is 5.91 Å². The van der Waals surface area contributed by atoms with Crippen LogP contribution in [0.4, 0.5) is 0 Å². The maximum atomic E-state index is 12.1. The van der Waals surface area contributed by atoms with E-state index in [0.717, 1.165) is 25.2 Å².